The fourth-order valence-corrected chi connectivity index (χ4v) is 5.06. The Morgan fingerprint density at radius 3 is 2.32 bits per heavy atom. The number of carbonyl (C=O) groups excluding carboxylic acids is 2. The number of hydrogen-bond donors (Lipinski definition) is 1. The fourth-order valence-electron chi connectivity index (χ4n) is 4.33. The largest absolute Gasteiger partial charge is 0.497 e. The first-order valence-corrected chi connectivity index (χ1v) is 14.0. The van der Waals surface area contributed by atoms with E-state index in [0.717, 1.165) is 10.0 Å². The summed E-state index contributed by atoms with van der Waals surface area (Å²) in [6, 6.07) is 31.6. The Morgan fingerprint density at radius 2 is 1.63 bits per heavy atom. The highest BCUT2D eigenvalue weighted by atomic mass is 79.9. The van der Waals surface area contributed by atoms with Gasteiger partial charge in [-0.3, -0.25) is 19.4 Å². The second-order valence-corrected chi connectivity index (χ2v) is 10.4. The number of halogens is 1. The number of carbonyl (C=O) groups is 2. The van der Waals surface area contributed by atoms with Crippen molar-refractivity contribution >= 4 is 62.5 Å². The molecule has 0 aliphatic carbocycles. The summed E-state index contributed by atoms with van der Waals surface area (Å²) in [6.45, 7) is 0.116. The Labute approximate surface area is 252 Å². The average Bonchev–Trinajstić information content (AvgIpc) is 3.22. The maximum absolute atomic E-state index is 13.9. The van der Waals surface area contributed by atoms with E-state index in [2.05, 4.69) is 21.2 Å². The summed E-state index contributed by atoms with van der Waals surface area (Å²) < 4.78 is 12.0. The van der Waals surface area contributed by atoms with E-state index < -0.39 is 0 Å². The number of benzene rings is 4. The second-order valence-electron chi connectivity index (χ2n) is 9.11. The predicted octanol–water partition coefficient (Wildman–Crippen LogP) is 6.65. The number of para-hydroxylation sites is 1. The number of ether oxygens (including phenoxy) is 2. The molecule has 2 amide bonds. The number of anilines is 2. The lowest BCUT2D eigenvalue weighted by molar-refractivity contribution is -0.122. The van der Waals surface area contributed by atoms with E-state index in [9.17, 15) is 9.59 Å². The predicted molar refractivity (Wildman–Crippen MR) is 168 cm³/mol. The van der Waals surface area contributed by atoms with Gasteiger partial charge in [0, 0.05) is 21.4 Å². The van der Waals surface area contributed by atoms with Gasteiger partial charge in [-0.25, -0.2) is 0 Å². The molecule has 0 saturated carbocycles. The van der Waals surface area contributed by atoms with Gasteiger partial charge in [0.2, 0.25) is 0 Å². The van der Waals surface area contributed by atoms with Gasteiger partial charge in [0.1, 0.15) is 17.2 Å². The van der Waals surface area contributed by atoms with Crippen molar-refractivity contribution in [2.75, 3.05) is 23.9 Å². The first kappa shape index (κ1) is 28.1. The van der Waals surface area contributed by atoms with Crippen LogP contribution in [0.2, 0.25) is 0 Å². The van der Waals surface area contributed by atoms with Crippen LogP contribution in [-0.2, 0) is 16.1 Å². The zero-order chi connectivity index (χ0) is 28.8. The van der Waals surface area contributed by atoms with E-state index in [1.165, 1.54) is 0 Å². The highest BCUT2D eigenvalue weighted by molar-refractivity contribution is 9.10. The maximum Gasteiger partial charge on any atom is 0.277 e. The lowest BCUT2D eigenvalue weighted by atomic mass is 10.1. The van der Waals surface area contributed by atoms with E-state index in [-0.39, 0.29) is 18.4 Å². The van der Waals surface area contributed by atoms with Gasteiger partial charge in [-0.1, -0.05) is 64.5 Å². The number of methoxy groups -OCH3 is 1. The molecule has 4 aromatic carbocycles. The molecule has 1 saturated heterocycles. The summed E-state index contributed by atoms with van der Waals surface area (Å²) in [7, 11) is 1.60. The third-order valence-corrected chi connectivity index (χ3v) is 7.22. The third-order valence-electron chi connectivity index (χ3n) is 6.32. The van der Waals surface area contributed by atoms with Gasteiger partial charge in [0.15, 0.2) is 11.7 Å². The van der Waals surface area contributed by atoms with Crippen LogP contribution in [-0.4, -0.2) is 35.5 Å². The quantitative estimate of drug-likeness (QED) is 0.165. The molecule has 0 radical (unpaired) electrons. The van der Waals surface area contributed by atoms with Gasteiger partial charge in [-0.05, 0) is 78.5 Å². The first-order chi connectivity index (χ1) is 19.9. The molecule has 5 rings (SSSR count). The maximum atomic E-state index is 13.9. The molecule has 7 nitrogen and oxygen atoms in total. The van der Waals surface area contributed by atoms with Crippen LogP contribution in [0.25, 0.3) is 6.08 Å². The molecule has 1 heterocycles. The second kappa shape index (κ2) is 12.8. The minimum Gasteiger partial charge on any atom is -0.497 e. The number of nitrogens with zero attached hydrogens (tertiary/aromatic N) is 2. The Hall–Kier alpha value is -4.47. The van der Waals surface area contributed by atoms with Gasteiger partial charge in [0.05, 0.1) is 13.7 Å². The molecule has 41 heavy (non-hydrogen) atoms. The minimum atomic E-state index is -0.301. The topological polar surface area (TPSA) is 71.1 Å². The molecule has 206 valence electrons. The van der Waals surface area contributed by atoms with E-state index in [1.54, 1.807) is 41.2 Å². The van der Waals surface area contributed by atoms with Crippen LogP contribution in [0.5, 0.6) is 11.5 Å². The van der Waals surface area contributed by atoms with E-state index in [0.29, 0.717) is 45.8 Å². The smallest absolute Gasteiger partial charge is 0.277 e. The fraction of sp³-hybridized carbons (Fsp3) is 0.0938. The minimum absolute atomic E-state index is 0.207. The molecule has 0 aromatic heterocycles. The molecule has 1 fully saturated rings. The van der Waals surface area contributed by atoms with Crippen molar-refractivity contribution in [1.82, 2.24) is 4.90 Å². The normalized spacial score (nSPS) is 14.0. The van der Waals surface area contributed by atoms with Crippen molar-refractivity contribution in [3.05, 3.63) is 124 Å². The van der Waals surface area contributed by atoms with Crippen molar-refractivity contribution < 1.29 is 19.1 Å². The summed E-state index contributed by atoms with van der Waals surface area (Å²) in [4.78, 5) is 29.8. The monoisotopic (exact) mass is 627 g/mol. The summed E-state index contributed by atoms with van der Waals surface area (Å²) in [6.07, 6.45) is 1.74. The number of amides is 2. The van der Waals surface area contributed by atoms with E-state index in [1.807, 2.05) is 84.9 Å². The van der Waals surface area contributed by atoms with Crippen molar-refractivity contribution in [2.45, 2.75) is 6.54 Å². The number of nitrogens with one attached hydrogen (secondary N) is 1. The molecule has 0 atom stereocenters. The average molecular weight is 629 g/mol. The standard InChI is InChI=1S/C32H26BrN3O4S/c1-39-27-15-13-26(14-16-27)36-28(31(38)35(32(36)41)20-22-8-4-2-5-9-22)19-23-18-24(33)12-17-29(23)40-21-30(37)34-25-10-6-3-7-11-25/h2-19H,20-21H2,1H3,(H,34,37)/b28-19-. The molecule has 0 bridgehead atoms. The number of thiocarbonyl (C=S) groups is 1. The number of hydrogen-bond acceptors (Lipinski definition) is 5. The SMILES string of the molecule is COc1ccc(N2C(=S)N(Cc3ccccc3)C(=O)/C2=C/c2cc(Br)ccc2OCC(=O)Nc2ccccc2)cc1. The highest BCUT2D eigenvalue weighted by Gasteiger charge is 2.39. The first-order valence-electron chi connectivity index (χ1n) is 12.8. The lowest BCUT2D eigenvalue weighted by Crippen LogP contribution is -2.32. The van der Waals surface area contributed by atoms with Crippen molar-refractivity contribution in [2.24, 2.45) is 0 Å². The molecule has 1 aliphatic heterocycles. The highest BCUT2D eigenvalue weighted by Crippen LogP contribution is 2.34. The van der Waals surface area contributed by atoms with Crippen LogP contribution in [0.4, 0.5) is 11.4 Å². The van der Waals surface area contributed by atoms with Gasteiger partial charge < -0.3 is 14.8 Å². The molecule has 4 aromatic rings. The summed E-state index contributed by atoms with van der Waals surface area (Å²) in [5.74, 6) is 0.583. The van der Waals surface area contributed by atoms with Crippen LogP contribution in [0, 0.1) is 0 Å². The third kappa shape index (κ3) is 6.65. The summed E-state index contributed by atoms with van der Waals surface area (Å²) in [5, 5.41) is 3.17. The lowest BCUT2D eigenvalue weighted by Gasteiger charge is -2.21. The van der Waals surface area contributed by atoms with Gasteiger partial charge in [-0.15, -0.1) is 0 Å². The van der Waals surface area contributed by atoms with Crippen LogP contribution in [0.15, 0.2) is 113 Å². The van der Waals surface area contributed by atoms with Crippen LogP contribution < -0.4 is 19.7 Å². The Kier molecular flexibility index (Phi) is 8.76. The van der Waals surface area contributed by atoms with E-state index >= 15 is 0 Å². The molecule has 9 heteroatoms. The Morgan fingerprint density at radius 1 is 0.951 bits per heavy atom. The molecule has 0 spiro atoms. The van der Waals surface area contributed by atoms with Gasteiger partial charge >= 0.3 is 0 Å². The van der Waals surface area contributed by atoms with Crippen LogP contribution in [0.1, 0.15) is 11.1 Å². The van der Waals surface area contributed by atoms with Crippen LogP contribution >= 0.6 is 28.1 Å². The molecular formula is C32H26BrN3O4S. The molecular weight excluding hydrogens is 602 g/mol. The van der Waals surface area contributed by atoms with Crippen molar-refractivity contribution in [3.8, 4) is 11.5 Å². The number of rotatable bonds is 9. The van der Waals surface area contributed by atoms with Crippen molar-refractivity contribution in [3.63, 3.8) is 0 Å². The summed E-state index contributed by atoms with van der Waals surface area (Å²) in [5.41, 5.74) is 3.31. The van der Waals surface area contributed by atoms with E-state index in [4.69, 9.17) is 21.7 Å². The Balaban J connectivity index is 1.47. The molecule has 1 aliphatic rings. The van der Waals surface area contributed by atoms with Crippen LogP contribution in [0.3, 0.4) is 0 Å². The van der Waals surface area contributed by atoms with Gasteiger partial charge in [-0.2, -0.15) is 0 Å². The Bertz CT molecular complexity index is 1590. The van der Waals surface area contributed by atoms with Crippen molar-refractivity contribution in [1.29, 1.82) is 0 Å². The molecule has 0 unspecified atom stereocenters. The zero-order valence-corrected chi connectivity index (χ0v) is 24.5. The van der Waals surface area contributed by atoms with Gasteiger partial charge in [0.25, 0.3) is 11.8 Å². The zero-order valence-electron chi connectivity index (χ0n) is 22.1. The molecule has 1 N–H and O–H groups in total. The summed E-state index contributed by atoms with van der Waals surface area (Å²) >= 11 is 9.36.